The summed E-state index contributed by atoms with van der Waals surface area (Å²) in [4.78, 5) is 10.3. The SMILES string of the molecule is N#Cc1cc(NCc2cccc([N+](=O)[O-])c2)ccc1Cl. The number of rotatable bonds is 4. The summed E-state index contributed by atoms with van der Waals surface area (Å²) >= 11 is 5.84. The Labute approximate surface area is 120 Å². The maximum absolute atomic E-state index is 10.7. The Bertz CT molecular complexity index is 695. The van der Waals surface area contributed by atoms with Gasteiger partial charge in [0.15, 0.2) is 0 Å². The van der Waals surface area contributed by atoms with Gasteiger partial charge in [0.05, 0.1) is 15.5 Å². The molecule has 20 heavy (non-hydrogen) atoms. The first-order valence-corrected chi connectivity index (χ1v) is 6.15. The fourth-order valence-electron chi connectivity index (χ4n) is 1.71. The van der Waals surface area contributed by atoms with Crippen LogP contribution in [0.1, 0.15) is 11.1 Å². The molecule has 0 heterocycles. The standard InChI is InChI=1S/C14H10ClN3O2/c15-14-5-4-12(7-11(14)8-16)17-9-10-2-1-3-13(6-10)18(19)20/h1-7,17H,9H2. The zero-order chi connectivity index (χ0) is 14.5. The predicted octanol–water partition coefficient (Wildman–Crippen LogP) is 3.73. The van der Waals surface area contributed by atoms with E-state index in [0.717, 1.165) is 11.3 Å². The molecule has 100 valence electrons. The summed E-state index contributed by atoms with van der Waals surface area (Å²) in [5.74, 6) is 0. The fourth-order valence-corrected chi connectivity index (χ4v) is 1.86. The van der Waals surface area contributed by atoms with Gasteiger partial charge in [0.25, 0.3) is 5.69 Å². The Kier molecular flexibility index (Phi) is 4.18. The molecule has 6 heteroatoms. The summed E-state index contributed by atoms with van der Waals surface area (Å²) in [6, 6.07) is 13.4. The van der Waals surface area contributed by atoms with Crippen molar-refractivity contribution in [3.8, 4) is 6.07 Å². The van der Waals surface area contributed by atoms with E-state index in [1.807, 2.05) is 6.07 Å². The molecule has 2 aromatic carbocycles. The molecule has 0 spiro atoms. The maximum atomic E-state index is 10.7. The summed E-state index contributed by atoms with van der Waals surface area (Å²) in [5, 5.41) is 23.1. The molecule has 0 saturated heterocycles. The highest BCUT2D eigenvalue weighted by Gasteiger charge is 2.06. The third-order valence-electron chi connectivity index (χ3n) is 2.70. The van der Waals surface area contributed by atoms with E-state index in [0.29, 0.717) is 17.1 Å². The Hall–Kier alpha value is -2.58. The van der Waals surface area contributed by atoms with E-state index in [4.69, 9.17) is 16.9 Å². The molecule has 2 rings (SSSR count). The van der Waals surface area contributed by atoms with Crippen LogP contribution in [-0.4, -0.2) is 4.92 Å². The highest BCUT2D eigenvalue weighted by atomic mass is 35.5. The predicted molar refractivity (Wildman–Crippen MR) is 76.6 cm³/mol. The van der Waals surface area contributed by atoms with Gasteiger partial charge >= 0.3 is 0 Å². The summed E-state index contributed by atoms with van der Waals surface area (Å²) in [5.41, 5.74) is 1.96. The first kappa shape index (κ1) is 13.8. The van der Waals surface area contributed by atoms with Crippen LogP contribution in [0.3, 0.4) is 0 Å². The van der Waals surface area contributed by atoms with Crippen LogP contribution in [0.4, 0.5) is 11.4 Å². The van der Waals surface area contributed by atoms with E-state index in [-0.39, 0.29) is 5.69 Å². The number of hydrogen-bond donors (Lipinski definition) is 1. The summed E-state index contributed by atoms with van der Waals surface area (Å²) < 4.78 is 0. The fraction of sp³-hybridized carbons (Fsp3) is 0.0714. The first-order chi connectivity index (χ1) is 9.60. The average Bonchev–Trinajstić information content (AvgIpc) is 2.46. The van der Waals surface area contributed by atoms with Gasteiger partial charge in [-0.05, 0) is 23.8 Å². The van der Waals surface area contributed by atoms with Crippen LogP contribution >= 0.6 is 11.6 Å². The van der Waals surface area contributed by atoms with Gasteiger partial charge in [-0.25, -0.2) is 0 Å². The molecular formula is C14H10ClN3O2. The molecule has 0 aliphatic carbocycles. The summed E-state index contributed by atoms with van der Waals surface area (Å²) in [6.07, 6.45) is 0. The molecule has 0 saturated carbocycles. The van der Waals surface area contributed by atoms with Crippen LogP contribution in [-0.2, 0) is 6.54 Å². The van der Waals surface area contributed by atoms with Crippen LogP contribution < -0.4 is 5.32 Å². The van der Waals surface area contributed by atoms with Crippen molar-refractivity contribution in [3.63, 3.8) is 0 Å². The van der Waals surface area contributed by atoms with Crippen molar-refractivity contribution in [2.45, 2.75) is 6.54 Å². The van der Waals surface area contributed by atoms with Gasteiger partial charge in [-0.15, -0.1) is 0 Å². The van der Waals surface area contributed by atoms with Gasteiger partial charge in [0, 0.05) is 24.4 Å². The number of hydrogen-bond acceptors (Lipinski definition) is 4. The molecule has 0 amide bonds. The third kappa shape index (κ3) is 3.25. The normalized spacial score (nSPS) is 9.80. The largest absolute Gasteiger partial charge is 0.381 e. The molecule has 2 aromatic rings. The summed E-state index contributed by atoms with van der Waals surface area (Å²) in [7, 11) is 0. The molecule has 0 unspecified atom stereocenters. The van der Waals surface area contributed by atoms with Crippen molar-refractivity contribution < 1.29 is 4.92 Å². The molecule has 0 radical (unpaired) electrons. The number of halogens is 1. The second-order valence-electron chi connectivity index (χ2n) is 4.09. The monoisotopic (exact) mass is 287 g/mol. The number of nitro benzene ring substituents is 1. The number of nitro groups is 1. The number of non-ortho nitro benzene ring substituents is 1. The minimum atomic E-state index is -0.431. The Morgan fingerprint density at radius 1 is 1.30 bits per heavy atom. The smallest absolute Gasteiger partial charge is 0.269 e. The van der Waals surface area contributed by atoms with Crippen molar-refractivity contribution in [1.29, 1.82) is 5.26 Å². The lowest BCUT2D eigenvalue weighted by molar-refractivity contribution is -0.384. The van der Waals surface area contributed by atoms with Crippen LogP contribution in [0, 0.1) is 21.4 Å². The van der Waals surface area contributed by atoms with E-state index < -0.39 is 4.92 Å². The lowest BCUT2D eigenvalue weighted by Crippen LogP contribution is -2.00. The van der Waals surface area contributed by atoms with Crippen molar-refractivity contribution in [2.24, 2.45) is 0 Å². The van der Waals surface area contributed by atoms with Crippen molar-refractivity contribution in [1.82, 2.24) is 0 Å². The van der Waals surface area contributed by atoms with Gasteiger partial charge in [-0.1, -0.05) is 23.7 Å². The van der Waals surface area contributed by atoms with Crippen molar-refractivity contribution in [3.05, 3.63) is 68.7 Å². The molecule has 0 aromatic heterocycles. The van der Waals surface area contributed by atoms with E-state index in [2.05, 4.69) is 5.32 Å². The number of benzene rings is 2. The third-order valence-corrected chi connectivity index (χ3v) is 3.03. The average molecular weight is 288 g/mol. The highest BCUT2D eigenvalue weighted by Crippen LogP contribution is 2.20. The van der Waals surface area contributed by atoms with Crippen molar-refractivity contribution >= 4 is 23.0 Å². The zero-order valence-corrected chi connectivity index (χ0v) is 11.1. The van der Waals surface area contributed by atoms with Crippen LogP contribution in [0.15, 0.2) is 42.5 Å². The van der Waals surface area contributed by atoms with E-state index in [1.54, 1.807) is 30.3 Å². The molecule has 0 bridgehead atoms. The maximum Gasteiger partial charge on any atom is 0.269 e. The first-order valence-electron chi connectivity index (χ1n) is 5.77. The lowest BCUT2D eigenvalue weighted by Gasteiger charge is -2.07. The van der Waals surface area contributed by atoms with Crippen LogP contribution in [0.25, 0.3) is 0 Å². The Morgan fingerprint density at radius 3 is 2.80 bits per heavy atom. The van der Waals surface area contributed by atoms with Gasteiger partial charge in [0.1, 0.15) is 6.07 Å². The highest BCUT2D eigenvalue weighted by molar-refractivity contribution is 6.31. The quantitative estimate of drug-likeness (QED) is 0.686. The van der Waals surface area contributed by atoms with Crippen LogP contribution in [0.2, 0.25) is 5.02 Å². The molecular weight excluding hydrogens is 278 g/mol. The second-order valence-corrected chi connectivity index (χ2v) is 4.49. The number of nitrogens with one attached hydrogen (secondary N) is 1. The van der Waals surface area contributed by atoms with Gasteiger partial charge in [-0.2, -0.15) is 5.26 Å². The zero-order valence-electron chi connectivity index (χ0n) is 10.3. The van der Waals surface area contributed by atoms with Crippen molar-refractivity contribution in [2.75, 3.05) is 5.32 Å². The minimum Gasteiger partial charge on any atom is -0.381 e. The topological polar surface area (TPSA) is 79.0 Å². The van der Waals surface area contributed by atoms with E-state index >= 15 is 0 Å². The lowest BCUT2D eigenvalue weighted by atomic mass is 10.2. The molecule has 0 aliphatic rings. The Balaban J connectivity index is 2.11. The molecule has 0 atom stereocenters. The van der Waals surface area contributed by atoms with E-state index in [1.165, 1.54) is 12.1 Å². The molecule has 1 N–H and O–H groups in total. The summed E-state index contributed by atoms with van der Waals surface area (Å²) in [6.45, 7) is 0.425. The molecule has 5 nitrogen and oxygen atoms in total. The minimum absolute atomic E-state index is 0.0538. The van der Waals surface area contributed by atoms with E-state index in [9.17, 15) is 10.1 Å². The van der Waals surface area contributed by atoms with Gasteiger partial charge in [0.2, 0.25) is 0 Å². The molecule has 0 aliphatic heterocycles. The Morgan fingerprint density at radius 2 is 2.10 bits per heavy atom. The second kappa shape index (κ2) is 6.04. The molecule has 0 fully saturated rings. The number of nitriles is 1. The number of nitrogens with zero attached hydrogens (tertiary/aromatic N) is 2. The van der Waals surface area contributed by atoms with Crippen LogP contribution in [0.5, 0.6) is 0 Å². The van der Waals surface area contributed by atoms with Gasteiger partial charge < -0.3 is 5.32 Å². The van der Waals surface area contributed by atoms with Gasteiger partial charge in [-0.3, -0.25) is 10.1 Å². The number of anilines is 1.